The molecule has 0 rings (SSSR count). The highest BCUT2D eigenvalue weighted by atomic mass is 35.5. The first kappa shape index (κ1) is 27.9. The highest BCUT2D eigenvalue weighted by Crippen LogP contribution is 2.23. The fourth-order valence-electron chi connectivity index (χ4n) is 2.57. The van der Waals surface area contributed by atoms with Crippen LogP contribution >= 0.6 is 12.4 Å². The monoisotopic (exact) mass is 396 g/mol. The maximum Gasteiger partial charge on any atom is 0.345 e. The quantitative estimate of drug-likeness (QED) is 0.229. The average Bonchev–Trinajstić information content (AvgIpc) is 2.45. The Balaban J connectivity index is 0. The zero-order valence-corrected chi connectivity index (χ0v) is 18.5. The van der Waals surface area contributed by atoms with Crippen LogP contribution in [0.1, 0.15) is 99.3 Å². The molecule has 0 fully saturated rings. The number of aliphatic hydroxyl groups excluding tert-OH is 1. The zero-order valence-electron chi connectivity index (χ0n) is 17.6. The zero-order chi connectivity index (χ0) is 19.3. The molecule has 5 nitrogen and oxygen atoms in total. The topological polar surface area (TPSA) is 65.0 Å². The van der Waals surface area contributed by atoms with E-state index < -0.39 is 5.60 Å². The summed E-state index contributed by atoms with van der Waals surface area (Å²) in [6.07, 6.45) is 8.09. The van der Waals surface area contributed by atoms with Crippen LogP contribution in [0.3, 0.4) is 0 Å². The minimum atomic E-state index is -0.508. The number of rotatable bonds is 14. The first-order chi connectivity index (χ1) is 11.6. The van der Waals surface area contributed by atoms with Gasteiger partial charge in [-0.2, -0.15) is 4.89 Å². The third kappa shape index (κ3) is 18.4. The lowest BCUT2D eigenvalue weighted by Crippen LogP contribution is -2.25. The number of unbranched alkanes of at least 4 members (excludes halogenated alkanes) is 2. The van der Waals surface area contributed by atoms with Crippen molar-refractivity contribution < 1.29 is 24.7 Å². The van der Waals surface area contributed by atoms with Crippen LogP contribution in [0.15, 0.2) is 0 Å². The predicted octanol–water partition coefficient (Wildman–Crippen LogP) is 5.78. The molecule has 0 aliphatic rings. The minimum Gasteiger partial charge on any atom is -0.396 e. The van der Waals surface area contributed by atoms with Gasteiger partial charge in [0.05, 0.1) is 0 Å². The van der Waals surface area contributed by atoms with Gasteiger partial charge in [0, 0.05) is 13.0 Å². The molecule has 0 aromatic rings. The molecule has 26 heavy (non-hydrogen) atoms. The molecule has 0 saturated heterocycles. The second kappa shape index (κ2) is 14.7. The van der Waals surface area contributed by atoms with Gasteiger partial charge >= 0.3 is 5.97 Å². The van der Waals surface area contributed by atoms with Crippen LogP contribution < -0.4 is 0 Å². The highest BCUT2D eigenvalue weighted by molar-refractivity contribution is 5.85. The maximum absolute atomic E-state index is 11.6. The lowest BCUT2D eigenvalue weighted by atomic mass is 9.89. The lowest BCUT2D eigenvalue weighted by molar-refractivity contribution is -0.517. The fourth-order valence-corrected chi connectivity index (χ4v) is 2.57. The molecule has 158 valence electrons. The normalized spacial score (nSPS) is 13.2. The van der Waals surface area contributed by atoms with Crippen LogP contribution in [0.5, 0.6) is 0 Å². The average molecular weight is 397 g/mol. The van der Waals surface area contributed by atoms with Gasteiger partial charge in [-0.05, 0) is 55.9 Å². The molecule has 0 spiro atoms. The van der Waals surface area contributed by atoms with Gasteiger partial charge in [-0.15, -0.1) is 12.4 Å². The largest absolute Gasteiger partial charge is 0.396 e. The smallest absolute Gasteiger partial charge is 0.345 e. The first-order valence-corrected chi connectivity index (χ1v) is 9.72. The van der Waals surface area contributed by atoms with E-state index in [1.165, 1.54) is 0 Å². The molecular formula is C20H41ClO5. The summed E-state index contributed by atoms with van der Waals surface area (Å²) in [6, 6.07) is 0. The Morgan fingerprint density at radius 1 is 0.962 bits per heavy atom. The number of hydrogen-bond acceptors (Lipinski definition) is 5. The summed E-state index contributed by atoms with van der Waals surface area (Å²) in [4.78, 5) is 21.5. The van der Waals surface area contributed by atoms with Crippen molar-refractivity contribution in [3.8, 4) is 0 Å². The van der Waals surface area contributed by atoms with Crippen molar-refractivity contribution in [3.63, 3.8) is 0 Å². The van der Waals surface area contributed by atoms with E-state index in [4.69, 9.17) is 14.9 Å². The first-order valence-electron chi connectivity index (χ1n) is 9.72. The Labute approximate surface area is 166 Å². The van der Waals surface area contributed by atoms with Gasteiger partial charge in [0.2, 0.25) is 0 Å². The Bertz CT molecular complexity index is 353. The van der Waals surface area contributed by atoms with Gasteiger partial charge in [-0.1, -0.05) is 53.4 Å². The summed E-state index contributed by atoms with van der Waals surface area (Å²) < 4.78 is 0. The van der Waals surface area contributed by atoms with E-state index >= 15 is 0 Å². The SMILES string of the molecule is CC(CCO)CCCC(C)(C)OOOC(=O)CCCCCC(C)(C)C.Cl. The molecule has 0 bridgehead atoms. The van der Waals surface area contributed by atoms with Crippen molar-refractivity contribution in [1.29, 1.82) is 0 Å². The molecule has 0 radical (unpaired) electrons. The van der Waals surface area contributed by atoms with Crippen LogP contribution in [0, 0.1) is 11.3 Å². The maximum atomic E-state index is 11.6. The molecule has 0 aromatic carbocycles. The van der Waals surface area contributed by atoms with E-state index in [1.54, 1.807) is 0 Å². The number of halogens is 1. The van der Waals surface area contributed by atoms with Crippen molar-refractivity contribution in [3.05, 3.63) is 0 Å². The Kier molecular flexibility index (Phi) is 15.7. The van der Waals surface area contributed by atoms with Crippen molar-refractivity contribution in [2.75, 3.05) is 6.61 Å². The van der Waals surface area contributed by atoms with Crippen LogP contribution in [0.25, 0.3) is 0 Å². The summed E-state index contributed by atoms with van der Waals surface area (Å²) in [5.74, 6) is 0.112. The van der Waals surface area contributed by atoms with E-state index in [9.17, 15) is 4.79 Å². The summed E-state index contributed by atoms with van der Waals surface area (Å²) >= 11 is 0. The number of aliphatic hydroxyl groups is 1. The summed E-state index contributed by atoms with van der Waals surface area (Å²) in [6.45, 7) is 12.8. The van der Waals surface area contributed by atoms with Gasteiger partial charge in [0.25, 0.3) is 0 Å². The van der Waals surface area contributed by atoms with Gasteiger partial charge in [-0.3, -0.25) is 4.89 Å². The van der Waals surface area contributed by atoms with E-state index in [-0.39, 0.29) is 25.0 Å². The van der Waals surface area contributed by atoms with Crippen molar-refractivity contribution in [2.24, 2.45) is 11.3 Å². The van der Waals surface area contributed by atoms with Crippen LogP contribution in [-0.4, -0.2) is 23.3 Å². The third-order valence-electron chi connectivity index (χ3n) is 4.29. The van der Waals surface area contributed by atoms with Gasteiger partial charge in [-0.25, -0.2) is 4.79 Å². The van der Waals surface area contributed by atoms with E-state index in [0.29, 0.717) is 17.8 Å². The second-order valence-electron chi connectivity index (χ2n) is 9.00. The van der Waals surface area contributed by atoms with E-state index in [1.807, 2.05) is 13.8 Å². The lowest BCUT2D eigenvalue weighted by Gasteiger charge is -2.22. The van der Waals surface area contributed by atoms with Crippen molar-refractivity contribution in [2.45, 2.75) is 105 Å². The van der Waals surface area contributed by atoms with Gasteiger partial charge in [0.1, 0.15) is 5.60 Å². The van der Waals surface area contributed by atoms with Gasteiger partial charge in [0.15, 0.2) is 0 Å². The molecule has 6 heteroatoms. The molecule has 1 atom stereocenters. The minimum absolute atomic E-state index is 0. The number of carbonyl (C=O) groups is 1. The predicted molar refractivity (Wildman–Crippen MR) is 107 cm³/mol. The van der Waals surface area contributed by atoms with E-state index in [2.05, 4.69) is 32.7 Å². The molecule has 0 aromatic heterocycles. The summed E-state index contributed by atoms with van der Waals surface area (Å²) in [5.41, 5.74) is -0.162. The van der Waals surface area contributed by atoms with Crippen LogP contribution in [0.2, 0.25) is 0 Å². The number of hydrogen-bond donors (Lipinski definition) is 1. The Morgan fingerprint density at radius 3 is 2.19 bits per heavy atom. The Hall–Kier alpha value is -0.360. The molecule has 1 unspecified atom stereocenters. The number of carbonyl (C=O) groups excluding carboxylic acids is 1. The molecule has 0 aliphatic heterocycles. The standard InChI is InChI=1S/C20H40O5.ClH/c1-17(13-16-21)11-10-15-20(5,6)24-25-23-18(22)12-8-7-9-14-19(2,3)4;/h17,21H,7-16H2,1-6H3;1H. The molecule has 1 N–H and O–H groups in total. The molecular weight excluding hydrogens is 356 g/mol. The molecule has 0 aliphatic carbocycles. The van der Waals surface area contributed by atoms with Gasteiger partial charge < -0.3 is 5.11 Å². The van der Waals surface area contributed by atoms with Crippen LogP contribution in [0.4, 0.5) is 0 Å². The molecule has 0 heterocycles. The fraction of sp³-hybridized carbons (Fsp3) is 0.950. The van der Waals surface area contributed by atoms with Crippen molar-refractivity contribution in [1.82, 2.24) is 0 Å². The molecule has 0 saturated carbocycles. The van der Waals surface area contributed by atoms with Crippen LogP contribution in [-0.2, 0) is 19.6 Å². The summed E-state index contributed by atoms with van der Waals surface area (Å²) in [5, 5.41) is 13.6. The third-order valence-corrected chi connectivity index (χ3v) is 4.29. The second-order valence-corrected chi connectivity index (χ2v) is 9.00. The molecule has 0 amide bonds. The van der Waals surface area contributed by atoms with E-state index in [0.717, 1.165) is 51.4 Å². The highest BCUT2D eigenvalue weighted by Gasteiger charge is 2.21. The van der Waals surface area contributed by atoms with Crippen molar-refractivity contribution >= 4 is 18.4 Å². The Morgan fingerprint density at radius 2 is 1.62 bits per heavy atom. The summed E-state index contributed by atoms with van der Waals surface area (Å²) in [7, 11) is 0.